The van der Waals surface area contributed by atoms with Crippen molar-refractivity contribution in [2.24, 2.45) is 0 Å². The van der Waals surface area contributed by atoms with Gasteiger partial charge in [0.15, 0.2) is 11.9 Å². The molecular formula is C49H80O17P2. The Hall–Kier alpha value is -3.15. The third kappa shape index (κ3) is 32.6. The fourth-order valence-electron chi connectivity index (χ4n) is 6.68. The van der Waals surface area contributed by atoms with E-state index in [0.29, 0.717) is 32.1 Å². The van der Waals surface area contributed by atoms with E-state index in [4.69, 9.17) is 18.5 Å². The Morgan fingerprint density at radius 3 is 1.62 bits per heavy atom. The standard InChI is InChI=1S/C49H80O17P2/c1-3-5-7-9-11-12-13-14-15-16-17-18-19-20-21-22-24-28-32-36-42(51)62-38-41(64-43(52)37-33-29-25-27-31-35-40(50)34-30-26-23-10-8-6-4-2)39-63-68(60,61)66-49-46(55)44(53)45(54)48(47(49)56)65-67(57,58)59/h5,7,11-12,14-15,17-18,20-21,23,26,30,34,41,44-49,53-56H,3-4,6,8-10,13,16,19,22,24-25,27-29,31-33,35-39H2,1-2H3,(H,60,61)(H2,57,58,59)/b7-5-,12-11-,15-14-,18-17-,21-20-,26-23-,34-30+/t41-,44?,45?,46?,47?,48-,49+/m1/s1. The van der Waals surface area contributed by atoms with Gasteiger partial charge in [0.2, 0.25) is 0 Å². The Bertz CT molecular complexity index is 1700. The van der Waals surface area contributed by atoms with Crippen LogP contribution >= 0.6 is 15.6 Å². The van der Waals surface area contributed by atoms with Gasteiger partial charge in [0.1, 0.15) is 43.2 Å². The highest BCUT2D eigenvalue weighted by atomic mass is 31.2. The SMILES string of the molecule is CC/C=C\C/C=C\C/C=C\C/C=C\C/C=C\CCCCCC(=O)OC[C@H](COP(=O)(O)O[C@H]1C(O)C(O)C(O)[C@@H](OP(=O)(O)O)C1O)OC(=O)CCCCCCCC(=O)/C=C/C=C\CCCCC. The maximum atomic E-state index is 13.0. The van der Waals surface area contributed by atoms with Crippen LogP contribution in [0.3, 0.4) is 0 Å². The molecular weight excluding hydrogens is 922 g/mol. The highest BCUT2D eigenvalue weighted by molar-refractivity contribution is 7.47. The van der Waals surface area contributed by atoms with Gasteiger partial charge in [-0.3, -0.25) is 28.0 Å². The number of unbranched alkanes of at least 4 members (excludes halogenated alkanes) is 10. The van der Waals surface area contributed by atoms with Crippen LogP contribution in [-0.4, -0.2) is 109 Å². The molecule has 7 N–H and O–H groups in total. The maximum Gasteiger partial charge on any atom is 0.472 e. The number of ketones is 1. The summed E-state index contributed by atoms with van der Waals surface area (Å²) in [7, 11) is -10.7. The first-order valence-electron chi connectivity index (χ1n) is 24.1. The van der Waals surface area contributed by atoms with E-state index in [9.17, 15) is 58.6 Å². The monoisotopic (exact) mass is 1000 g/mol. The summed E-state index contributed by atoms with van der Waals surface area (Å²) in [5.41, 5.74) is 0. The number of carbonyl (C=O) groups is 3. The third-order valence-corrected chi connectivity index (χ3v) is 11.9. The van der Waals surface area contributed by atoms with Crippen molar-refractivity contribution in [2.75, 3.05) is 13.2 Å². The number of allylic oxidation sites excluding steroid dienone is 14. The summed E-state index contributed by atoms with van der Waals surface area (Å²) in [6, 6.07) is 0. The molecule has 1 aliphatic rings. The van der Waals surface area contributed by atoms with Gasteiger partial charge in [0, 0.05) is 19.3 Å². The van der Waals surface area contributed by atoms with Gasteiger partial charge in [-0.05, 0) is 83.1 Å². The van der Waals surface area contributed by atoms with Crippen molar-refractivity contribution in [2.45, 2.75) is 191 Å². The Balaban J connectivity index is 2.64. The van der Waals surface area contributed by atoms with Gasteiger partial charge < -0.3 is 44.6 Å². The predicted molar refractivity (Wildman–Crippen MR) is 260 cm³/mol. The molecule has 0 aromatic carbocycles. The zero-order chi connectivity index (χ0) is 50.5. The van der Waals surface area contributed by atoms with Crippen LogP contribution in [0.4, 0.5) is 0 Å². The lowest BCUT2D eigenvalue weighted by molar-refractivity contribution is -0.216. The highest BCUT2D eigenvalue weighted by Crippen LogP contribution is 2.49. The molecule has 1 saturated carbocycles. The zero-order valence-electron chi connectivity index (χ0n) is 40.0. The number of hydrogen-bond donors (Lipinski definition) is 7. The summed E-state index contributed by atoms with van der Waals surface area (Å²) in [6.45, 7) is 2.81. The van der Waals surface area contributed by atoms with Crippen LogP contribution in [0.2, 0.25) is 0 Å². The molecule has 1 aliphatic carbocycles. The lowest BCUT2D eigenvalue weighted by Crippen LogP contribution is -2.64. The third-order valence-electron chi connectivity index (χ3n) is 10.4. The van der Waals surface area contributed by atoms with Gasteiger partial charge >= 0.3 is 27.6 Å². The van der Waals surface area contributed by atoms with E-state index in [1.165, 1.54) is 6.42 Å². The van der Waals surface area contributed by atoms with E-state index in [2.05, 4.69) is 79.1 Å². The number of carbonyl (C=O) groups excluding carboxylic acids is 3. The van der Waals surface area contributed by atoms with Crippen molar-refractivity contribution in [3.8, 4) is 0 Å². The van der Waals surface area contributed by atoms with E-state index < -0.39 is 83.5 Å². The molecule has 0 bridgehead atoms. The summed E-state index contributed by atoms with van der Waals surface area (Å²) >= 11 is 0. The van der Waals surface area contributed by atoms with Crippen molar-refractivity contribution < 1.29 is 81.7 Å². The number of esters is 2. The molecule has 0 heterocycles. The first-order chi connectivity index (χ1) is 32.5. The number of hydrogen-bond acceptors (Lipinski definition) is 14. The van der Waals surface area contributed by atoms with Crippen molar-refractivity contribution >= 4 is 33.4 Å². The Morgan fingerprint density at radius 1 is 0.529 bits per heavy atom. The minimum Gasteiger partial charge on any atom is -0.462 e. The highest BCUT2D eigenvalue weighted by Gasteiger charge is 2.54. The van der Waals surface area contributed by atoms with Crippen molar-refractivity contribution in [3.63, 3.8) is 0 Å². The normalized spacial score (nSPS) is 21.9. The van der Waals surface area contributed by atoms with Crippen LogP contribution in [0.5, 0.6) is 0 Å². The second-order valence-electron chi connectivity index (χ2n) is 16.5. The second kappa shape index (κ2) is 38.6. The summed E-state index contributed by atoms with van der Waals surface area (Å²) in [5, 5.41) is 41.2. The van der Waals surface area contributed by atoms with Gasteiger partial charge in [-0.1, -0.05) is 131 Å². The average molecular weight is 1000 g/mol. The van der Waals surface area contributed by atoms with Gasteiger partial charge in [0.25, 0.3) is 0 Å². The molecule has 8 atom stereocenters. The Morgan fingerprint density at radius 2 is 1.03 bits per heavy atom. The Kier molecular flexibility index (Phi) is 35.7. The first kappa shape index (κ1) is 62.9. The second-order valence-corrected chi connectivity index (χ2v) is 19.1. The summed E-state index contributed by atoms with van der Waals surface area (Å²) in [6.07, 6.45) is 29.3. The van der Waals surface area contributed by atoms with E-state index in [1.807, 2.05) is 12.2 Å². The van der Waals surface area contributed by atoms with Crippen molar-refractivity contribution in [1.82, 2.24) is 0 Å². The number of ether oxygens (including phenoxy) is 2. The molecule has 0 aliphatic heterocycles. The van der Waals surface area contributed by atoms with Crippen LogP contribution in [-0.2, 0) is 46.6 Å². The average Bonchev–Trinajstić information content (AvgIpc) is 3.29. The summed E-state index contributed by atoms with van der Waals surface area (Å²) in [4.78, 5) is 66.4. The minimum atomic E-state index is -5.39. The molecule has 1 fully saturated rings. The van der Waals surface area contributed by atoms with Gasteiger partial charge in [-0.2, -0.15) is 0 Å². The lowest BCUT2D eigenvalue weighted by Gasteiger charge is -2.43. The van der Waals surface area contributed by atoms with Gasteiger partial charge in [0.05, 0.1) is 6.61 Å². The fourth-order valence-corrected chi connectivity index (χ4v) is 8.22. The van der Waals surface area contributed by atoms with E-state index >= 15 is 0 Å². The molecule has 19 heteroatoms. The number of aliphatic hydroxyl groups excluding tert-OH is 4. The number of aliphatic hydroxyl groups is 4. The summed E-state index contributed by atoms with van der Waals surface area (Å²) < 4.78 is 49.3. The van der Waals surface area contributed by atoms with Gasteiger partial charge in [-0.25, -0.2) is 9.13 Å². The molecule has 0 spiro atoms. The van der Waals surface area contributed by atoms with E-state index in [0.717, 1.165) is 83.5 Å². The number of rotatable bonds is 39. The van der Waals surface area contributed by atoms with Crippen molar-refractivity contribution in [3.05, 3.63) is 85.1 Å². The molecule has 0 saturated heterocycles. The Labute approximate surface area is 403 Å². The van der Waals surface area contributed by atoms with Gasteiger partial charge in [-0.15, -0.1) is 0 Å². The van der Waals surface area contributed by atoms with Crippen molar-refractivity contribution in [1.29, 1.82) is 0 Å². The maximum absolute atomic E-state index is 13.0. The molecule has 388 valence electrons. The summed E-state index contributed by atoms with van der Waals surface area (Å²) in [5.74, 6) is -1.31. The number of phosphoric ester groups is 2. The zero-order valence-corrected chi connectivity index (χ0v) is 41.8. The van der Waals surface area contributed by atoms with E-state index in [1.54, 1.807) is 12.2 Å². The van der Waals surface area contributed by atoms with Crippen LogP contribution in [0, 0.1) is 0 Å². The predicted octanol–water partition coefficient (Wildman–Crippen LogP) is 8.57. The fraction of sp³-hybridized carbons (Fsp3) is 0.653. The molecule has 68 heavy (non-hydrogen) atoms. The van der Waals surface area contributed by atoms with Crippen LogP contribution in [0.15, 0.2) is 85.1 Å². The first-order valence-corrected chi connectivity index (χ1v) is 27.1. The van der Waals surface area contributed by atoms with Crippen LogP contribution in [0.25, 0.3) is 0 Å². The molecule has 5 unspecified atom stereocenters. The quantitative estimate of drug-likeness (QED) is 0.00758. The lowest BCUT2D eigenvalue weighted by atomic mass is 9.85. The topological polar surface area (TPSA) is 273 Å². The molecule has 0 radical (unpaired) electrons. The molecule has 0 aromatic heterocycles. The molecule has 17 nitrogen and oxygen atoms in total. The van der Waals surface area contributed by atoms with Crippen LogP contribution < -0.4 is 0 Å². The number of phosphoric acid groups is 2. The minimum absolute atomic E-state index is 0.0383. The molecule has 0 aromatic rings. The molecule has 0 amide bonds. The smallest absolute Gasteiger partial charge is 0.462 e. The largest absolute Gasteiger partial charge is 0.472 e. The van der Waals surface area contributed by atoms with Crippen LogP contribution in [0.1, 0.15) is 149 Å². The molecule has 1 rings (SSSR count). The van der Waals surface area contributed by atoms with E-state index in [-0.39, 0.29) is 18.6 Å².